The van der Waals surface area contributed by atoms with Gasteiger partial charge in [-0.25, -0.2) is 0 Å². The predicted octanol–water partition coefficient (Wildman–Crippen LogP) is 9.04. The molecule has 2 unspecified atom stereocenters. The van der Waals surface area contributed by atoms with Crippen molar-refractivity contribution in [3.05, 3.63) is 48.8 Å². The average Bonchev–Trinajstić information content (AvgIpc) is 2.71. The molecular formula is C27H46N4O2Si2. The van der Waals surface area contributed by atoms with Crippen LogP contribution in [-0.2, 0) is 8.85 Å². The van der Waals surface area contributed by atoms with E-state index in [1.165, 1.54) is 0 Å². The summed E-state index contributed by atoms with van der Waals surface area (Å²) in [6.07, 6.45) is 3.14. The molecule has 194 valence electrons. The van der Waals surface area contributed by atoms with E-state index in [9.17, 15) is 0 Å². The first-order valence-corrected chi connectivity index (χ1v) is 18.3. The third kappa shape index (κ3) is 7.80. The molecule has 1 heterocycles. The Bertz CT molecular complexity index is 931. The first-order valence-electron chi connectivity index (χ1n) is 12.5. The van der Waals surface area contributed by atoms with Crippen LogP contribution in [0, 0.1) is 0 Å². The minimum absolute atomic E-state index is 0.119. The molecule has 2 aromatic rings. The molecule has 1 aromatic carbocycles. The van der Waals surface area contributed by atoms with Gasteiger partial charge in [0.25, 0.3) is 0 Å². The summed E-state index contributed by atoms with van der Waals surface area (Å²) in [6.45, 7) is 27.1. The molecular weight excluding hydrogens is 468 g/mol. The fourth-order valence-corrected chi connectivity index (χ4v) is 5.89. The Morgan fingerprint density at radius 3 is 1.43 bits per heavy atom. The first kappa shape index (κ1) is 29.4. The molecule has 35 heavy (non-hydrogen) atoms. The maximum atomic E-state index is 6.83. The van der Waals surface area contributed by atoms with Gasteiger partial charge in [0.1, 0.15) is 12.5 Å². The molecule has 1 aromatic heterocycles. The highest BCUT2D eigenvalue weighted by molar-refractivity contribution is 6.74. The second kappa shape index (κ2) is 11.0. The molecule has 2 atom stereocenters. The van der Waals surface area contributed by atoms with Gasteiger partial charge in [0.05, 0.1) is 11.4 Å². The number of nitrogens with zero attached hydrogens (tertiary/aromatic N) is 4. The van der Waals surface area contributed by atoms with Crippen molar-refractivity contribution in [2.24, 2.45) is 10.2 Å². The molecule has 0 bridgehead atoms. The van der Waals surface area contributed by atoms with Crippen molar-refractivity contribution >= 4 is 33.7 Å². The van der Waals surface area contributed by atoms with E-state index in [0.29, 0.717) is 0 Å². The summed E-state index contributed by atoms with van der Waals surface area (Å²) >= 11 is 0. The van der Waals surface area contributed by atoms with E-state index in [0.717, 1.165) is 17.1 Å². The number of anilines is 1. The second-order valence-electron chi connectivity index (χ2n) is 12.3. The maximum Gasteiger partial charge on any atom is 0.194 e. The average molecular weight is 515 g/mol. The standard InChI is InChI=1S/C27H46N4O2Si2/c1-21(32-34(9,10)26(3,4)5)31(22(2)33-35(11,12)27(6,7)8)25-15-13-23(14-16-25)29-30-24-17-19-28-20-18-24/h13-22H,1-12H3. The van der Waals surface area contributed by atoms with Gasteiger partial charge >= 0.3 is 0 Å². The lowest BCUT2D eigenvalue weighted by molar-refractivity contribution is 0.115. The summed E-state index contributed by atoms with van der Waals surface area (Å²) < 4.78 is 13.7. The number of azo groups is 1. The summed E-state index contributed by atoms with van der Waals surface area (Å²) in [7, 11) is -3.98. The lowest BCUT2D eigenvalue weighted by Crippen LogP contribution is -2.54. The van der Waals surface area contributed by atoms with Crippen LogP contribution in [0.15, 0.2) is 59.0 Å². The van der Waals surface area contributed by atoms with E-state index in [1.807, 2.05) is 24.3 Å². The SMILES string of the molecule is CC(O[Si](C)(C)C(C)(C)C)N(c1ccc(N=Nc2ccncc2)cc1)C(C)O[Si](C)(C)C(C)(C)C. The molecule has 0 aliphatic rings. The van der Waals surface area contributed by atoms with Gasteiger partial charge in [-0.05, 0) is 86.5 Å². The van der Waals surface area contributed by atoms with E-state index >= 15 is 0 Å². The summed E-state index contributed by atoms with van der Waals surface area (Å²) in [6, 6.07) is 11.8. The maximum absolute atomic E-state index is 6.83. The predicted molar refractivity (Wildman–Crippen MR) is 153 cm³/mol. The van der Waals surface area contributed by atoms with Crippen LogP contribution in [0.5, 0.6) is 0 Å². The Morgan fingerprint density at radius 1 is 0.686 bits per heavy atom. The van der Waals surface area contributed by atoms with Crippen LogP contribution in [-0.4, -0.2) is 34.1 Å². The molecule has 0 spiro atoms. The summed E-state index contributed by atoms with van der Waals surface area (Å²) in [5.74, 6) is 0. The number of hydrogen-bond donors (Lipinski definition) is 0. The first-order chi connectivity index (χ1) is 15.9. The molecule has 0 fully saturated rings. The Hall–Kier alpha value is -1.88. The van der Waals surface area contributed by atoms with E-state index in [-0.39, 0.29) is 22.5 Å². The number of benzene rings is 1. The van der Waals surface area contributed by atoms with Crippen LogP contribution >= 0.6 is 0 Å². The summed E-state index contributed by atoms with van der Waals surface area (Å²) in [4.78, 5) is 6.29. The monoisotopic (exact) mass is 514 g/mol. The van der Waals surface area contributed by atoms with Crippen LogP contribution in [0.2, 0.25) is 36.3 Å². The highest BCUT2D eigenvalue weighted by Crippen LogP contribution is 2.40. The van der Waals surface area contributed by atoms with Crippen LogP contribution in [0.1, 0.15) is 55.4 Å². The molecule has 2 rings (SSSR count). The van der Waals surface area contributed by atoms with Crippen molar-refractivity contribution in [1.29, 1.82) is 0 Å². The highest BCUT2D eigenvalue weighted by Gasteiger charge is 2.42. The van der Waals surface area contributed by atoms with Gasteiger partial charge in [-0.15, -0.1) is 0 Å². The molecule has 0 N–H and O–H groups in total. The van der Waals surface area contributed by atoms with Crippen molar-refractivity contribution < 1.29 is 8.85 Å². The Labute approximate surface area is 215 Å². The van der Waals surface area contributed by atoms with Crippen molar-refractivity contribution in [3.8, 4) is 0 Å². The van der Waals surface area contributed by atoms with E-state index in [2.05, 4.69) is 114 Å². The zero-order valence-electron chi connectivity index (χ0n) is 23.9. The smallest absolute Gasteiger partial charge is 0.194 e. The molecule has 0 aliphatic carbocycles. The molecule has 0 aliphatic heterocycles. The fraction of sp³-hybridized carbons (Fsp3) is 0.593. The van der Waals surface area contributed by atoms with Crippen molar-refractivity contribution in [1.82, 2.24) is 4.98 Å². The minimum atomic E-state index is -1.99. The number of aromatic nitrogens is 1. The zero-order valence-corrected chi connectivity index (χ0v) is 25.9. The molecule has 0 amide bonds. The topological polar surface area (TPSA) is 59.3 Å². The van der Waals surface area contributed by atoms with Crippen LogP contribution in [0.4, 0.5) is 17.1 Å². The molecule has 0 saturated heterocycles. The van der Waals surface area contributed by atoms with Gasteiger partial charge < -0.3 is 13.8 Å². The molecule has 6 nitrogen and oxygen atoms in total. The van der Waals surface area contributed by atoms with Gasteiger partial charge in [0, 0.05) is 18.1 Å². The third-order valence-corrected chi connectivity index (χ3v) is 16.5. The number of pyridine rings is 1. The van der Waals surface area contributed by atoms with Gasteiger partial charge in [-0.1, -0.05) is 41.5 Å². The third-order valence-electron chi connectivity index (χ3n) is 7.42. The lowest BCUT2D eigenvalue weighted by Gasteiger charge is -2.47. The number of rotatable bonds is 9. The normalized spacial score (nSPS) is 15.3. The Balaban J connectivity index is 2.36. The molecule has 0 radical (unpaired) electrons. The van der Waals surface area contributed by atoms with Crippen molar-refractivity contribution in [2.45, 2.75) is 104 Å². The Morgan fingerprint density at radius 2 is 1.06 bits per heavy atom. The van der Waals surface area contributed by atoms with Crippen molar-refractivity contribution in [2.75, 3.05) is 4.90 Å². The van der Waals surface area contributed by atoms with Crippen LogP contribution in [0.25, 0.3) is 0 Å². The van der Waals surface area contributed by atoms with Gasteiger partial charge in [-0.2, -0.15) is 10.2 Å². The minimum Gasteiger partial charge on any atom is -0.397 e. The number of hydrogen-bond acceptors (Lipinski definition) is 6. The molecule has 8 heteroatoms. The molecule has 0 saturated carbocycles. The quantitative estimate of drug-likeness (QED) is 0.190. The second-order valence-corrected chi connectivity index (χ2v) is 21.8. The fourth-order valence-electron chi connectivity index (χ4n) is 3.25. The van der Waals surface area contributed by atoms with Crippen LogP contribution in [0.3, 0.4) is 0 Å². The van der Waals surface area contributed by atoms with Gasteiger partial charge in [0.2, 0.25) is 0 Å². The highest BCUT2D eigenvalue weighted by atomic mass is 28.4. The summed E-state index contributed by atoms with van der Waals surface area (Å²) in [5, 5.41) is 8.92. The van der Waals surface area contributed by atoms with Gasteiger partial charge in [-0.3, -0.25) is 4.98 Å². The lowest BCUT2D eigenvalue weighted by atomic mass is 10.2. The Kier molecular flexibility index (Phi) is 9.25. The van der Waals surface area contributed by atoms with E-state index < -0.39 is 16.6 Å². The van der Waals surface area contributed by atoms with E-state index in [4.69, 9.17) is 8.85 Å². The van der Waals surface area contributed by atoms with Crippen LogP contribution < -0.4 is 4.90 Å². The largest absolute Gasteiger partial charge is 0.397 e. The van der Waals surface area contributed by atoms with Crippen molar-refractivity contribution in [3.63, 3.8) is 0 Å². The van der Waals surface area contributed by atoms with Gasteiger partial charge in [0.15, 0.2) is 16.6 Å². The zero-order chi connectivity index (χ0) is 26.7. The summed E-state index contributed by atoms with van der Waals surface area (Å²) in [5.41, 5.74) is 2.62. The van der Waals surface area contributed by atoms with E-state index in [1.54, 1.807) is 12.4 Å².